The molecular formula is C30H49N7. The summed E-state index contributed by atoms with van der Waals surface area (Å²) in [6.45, 7) is 19.4. The predicted octanol–water partition coefficient (Wildman–Crippen LogP) is 7.02. The first-order chi connectivity index (χ1) is 17.8. The van der Waals surface area contributed by atoms with Crippen LogP contribution in [0.15, 0.2) is 68.0 Å². The van der Waals surface area contributed by atoms with Crippen molar-refractivity contribution in [2.75, 3.05) is 7.05 Å². The molecule has 1 heterocycles. The predicted molar refractivity (Wildman–Crippen MR) is 161 cm³/mol. The zero-order valence-electron chi connectivity index (χ0n) is 23.5. The molecule has 7 heteroatoms. The molecule has 0 radical (unpaired) electrons. The number of hydrogen-bond acceptors (Lipinski definition) is 6. The summed E-state index contributed by atoms with van der Waals surface area (Å²) in [4.78, 5) is 10.8. The van der Waals surface area contributed by atoms with Gasteiger partial charge in [0.15, 0.2) is 0 Å². The summed E-state index contributed by atoms with van der Waals surface area (Å²) < 4.78 is 0. The Morgan fingerprint density at radius 3 is 2.24 bits per heavy atom. The minimum atomic E-state index is -0.112. The van der Waals surface area contributed by atoms with Crippen molar-refractivity contribution in [3.63, 3.8) is 0 Å². The van der Waals surface area contributed by atoms with E-state index < -0.39 is 0 Å². The lowest BCUT2D eigenvalue weighted by Gasteiger charge is -2.24. The first kappa shape index (κ1) is 31.5. The Kier molecular flexibility index (Phi) is 14.5. The van der Waals surface area contributed by atoms with E-state index in [0.717, 1.165) is 41.2 Å². The lowest BCUT2D eigenvalue weighted by Crippen LogP contribution is -2.35. The van der Waals surface area contributed by atoms with Crippen LogP contribution in [0.25, 0.3) is 5.57 Å². The second-order valence-electron chi connectivity index (χ2n) is 9.05. The highest BCUT2D eigenvalue weighted by Gasteiger charge is 2.31. The fraction of sp³-hybridized carbons (Fsp3) is 0.467. The zero-order valence-corrected chi connectivity index (χ0v) is 23.5. The van der Waals surface area contributed by atoms with Gasteiger partial charge < -0.3 is 15.5 Å². The van der Waals surface area contributed by atoms with Crippen LogP contribution >= 0.6 is 0 Å². The zero-order chi connectivity index (χ0) is 27.8. The van der Waals surface area contributed by atoms with Crippen LogP contribution in [0.3, 0.4) is 0 Å². The Bertz CT molecular complexity index is 957. The van der Waals surface area contributed by atoms with E-state index in [2.05, 4.69) is 53.3 Å². The molecule has 0 saturated heterocycles. The van der Waals surface area contributed by atoms with Crippen LogP contribution in [0.1, 0.15) is 85.0 Å². The number of allylic oxidation sites excluding steroid dienone is 4. The second kappa shape index (κ2) is 17.1. The van der Waals surface area contributed by atoms with E-state index in [9.17, 15) is 0 Å². The van der Waals surface area contributed by atoms with E-state index in [1.807, 2.05) is 52.4 Å². The van der Waals surface area contributed by atoms with Crippen molar-refractivity contribution in [1.29, 1.82) is 10.8 Å². The molecule has 2 aliphatic carbocycles. The molecule has 0 bridgehead atoms. The van der Waals surface area contributed by atoms with E-state index in [0.29, 0.717) is 30.6 Å². The number of aromatic nitrogens is 2. The summed E-state index contributed by atoms with van der Waals surface area (Å²) in [6, 6.07) is 0.310. The quantitative estimate of drug-likeness (QED) is 0.131. The molecule has 1 aromatic heterocycles. The average Bonchev–Trinajstić information content (AvgIpc) is 3.83. The van der Waals surface area contributed by atoms with E-state index in [-0.39, 0.29) is 7.34 Å². The molecule has 2 saturated carbocycles. The van der Waals surface area contributed by atoms with E-state index >= 15 is 0 Å². The highest BCUT2D eigenvalue weighted by atomic mass is 15.2. The van der Waals surface area contributed by atoms with Crippen LogP contribution in [-0.2, 0) is 0 Å². The van der Waals surface area contributed by atoms with E-state index in [1.165, 1.54) is 19.2 Å². The van der Waals surface area contributed by atoms with Crippen LogP contribution in [0.2, 0.25) is 0 Å². The standard InChI is InChI=1S/C25H34N6.C3H7N.C2H6.H2/c1-5-6-21(24(27)31(16-26)23-11-12-23)13-19(4)30-18(3)8-7-17(2)22-14-28-25(29-15-22)20-9-10-20;1-3-4-2;1-2;/h5,7,13-16,20-21,23,26-27,30H,1,3,6,8-12H2,2,4H3;3-4H,1H2,2H3;1-2H3;1H/b17-7?,19-13+,26-16?,27-24?;;;. The van der Waals surface area contributed by atoms with Crippen molar-refractivity contribution in [3.8, 4) is 0 Å². The lowest BCUT2D eigenvalue weighted by molar-refractivity contribution is 0.567. The second-order valence-corrected chi connectivity index (χ2v) is 9.05. The number of amidine groups is 1. The third-order valence-electron chi connectivity index (χ3n) is 5.88. The topological polar surface area (TPSA) is 101 Å². The van der Waals surface area contributed by atoms with Crippen molar-refractivity contribution < 1.29 is 1.43 Å². The maximum absolute atomic E-state index is 8.54. The number of rotatable bonds is 13. The largest absolute Gasteiger partial charge is 0.394 e. The molecule has 2 aliphatic rings. The highest BCUT2D eigenvalue weighted by Crippen LogP contribution is 2.37. The van der Waals surface area contributed by atoms with Gasteiger partial charge in [0, 0.05) is 62.1 Å². The molecule has 2 fully saturated rings. The van der Waals surface area contributed by atoms with Gasteiger partial charge in [0.05, 0.1) is 6.34 Å². The van der Waals surface area contributed by atoms with E-state index in [1.54, 1.807) is 11.1 Å². The third-order valence-corrected chi connectivity index (χ3v) is 5.88. The van der Waals surface area contributed by atoms with Crippen molar-refractivity contribution in [1.82, 2.24) is 25.5 Å². The molecule has 0 amide bonds. The molecule has 0 aliphatic heterocycles. The van der Waals surface area contributed by atoms with Crippen molar-refractivity contribution in [3.05, 3.63) is 79.3 Å². The molecule has 4 N–H and O–H groups in total. The van der Waals surface area contributed by atoms with Gasteiger partial charge in [-0.1, -0.05) is 45.2 Å². The van der Waals surface area contributed by atoms with Crippen LogP contribution in [0, 0.1) is 16.7 Å². The Balaban J connectivity index is 0.00000179. The molecular weight excluding hydrogens is 458 g/mol. The summed E-state index contributed by atoms with van der Waals surface area (Å²) in [7, 11) is 1.81. The molecule has 0 spiro atoms. The normalized spacial score (nSPS) is 15.5. The fourth-order valence-electron chi connectivity index (χ4n) is 3.52. The first-order valence-corrected chi connectivity index (χ1v) is 13.2. The average molecular weight is 508 g/mol. The molecule has 1 atom stereocenters. The van der Waals surface area contributed by atoms with Crippen LogP contribution in [0.5, 0.6) is 0 Å². The lowest BCUT2D eigenvalue weighted by atomic mass is 10.0. The fourth-order valence-corrected chi connectivity index (χ4v) is 3.52. The molecule has 3 rings (SSSR count). The van der Waals surface area contributed by atoms with Crippen molar-refractivity contribution in [2.45, 2.75) is 78.2 Å². The summed E-state index contributed by atoms with van der Waals surface area (Å²) in [5, 5.41) is 22.2. The SMILES string of the molecule is C=CCC(/C=C(\C)NC(=C)CC=C(C)c1cnc(C2CC2)nc1)C(=N)N(C=N)C1CC1.C=CNC.CC.[HH]. The molecule has 0 aromatic carbocycles. The number of hydrogen-bond donors (Lipinski definition) is 4. The number of nitrogens with zero attached hydrogens (tertiary/aromatic N) is 3. The van der Waals surface area contributed by atoms with Gasteiger partial charge in [-0.05, 0) is 57.7 Å². The maximum atomic E-state index is 8.54. The summed E-state index contributed by atoms with van der Waals surface area (Å²) >= 11 is 0. The summed E-state index contributed by atoms with van der Waals surface area (Å²) in [6.07, 6.45) is 18.6. The Labute approximate surface area is 226 Å². The highest BCUT2D eigenvalue weighted by molar-refractivity contribution is 5.92. The summed E-state index contributed by atoms with van der Waals surface area (Å²) in [5.41, 5.74) is 4.00. The van der Waals surface area contributed by atoms with Gasteiger partial charge in [-0.25, -0.2) is 9.97 Å². The Morgan fingerprint density at radius 1 is 1.19 bits per heavy atom. The van der Waals surface area contributed by atoms with Gasteiger partial charge >= 0.3 is 0 Å². The van der Waals surface area contributed by atoms with Gasteiger partial charge in [0.2, 0.25) is 0 Å². The van der Waals surface area contributed by atoms with Gasteiger partial charge in [0.25, 0.3) is 0 Å². The molecule has 37 heavy (non-hydrogen) atoms. The monoisotopic (exact) mass is 507 g/mol. The molecule has 1 unspecified atom stereocenters. The smallest absolute Gasteiger partial charge is 0.131 e. The van der Waals surface area contributed by atoms with Gasteiger partial charge in [-0.15, -0.1) is 6.58 Å². The minimum Gasteiger partial charge on any atom is -0.394 e. The van der Waals surface area contributed by atoms with Gasteiger partial charge in [-0.3, -0.25) is 10.8 Å². The molecule has 7 nitrogen and oxygen atoms in total. The third kappa shape index (κ3) is 11.4. The van der Waals surface area contributed by atoms with Gasteiger partial charge in [-0.2, -0.15) is 0 Å². The van der Waals surface area contributed by atoms with Crippen molar-refractivity contribution in [2.24, 2.45) is 5.92 Å². The minimum absolute atomic E-state index is 0. The van der Waals surface area contributed by atoms with Crippen LogP contribution < -0.4 is 10.6 Å². The van der Waals surface area contributed by atoms with Crippen LogP contribution in [-0.4, -0.2) is 40.1 Å². The first-order valence-electron chi connectivity index (χ1n) is 13.2. The van der Waals surface area contributed by atoms with Gasteiger partial charge in [0.1, 0.15) is 11.7 Å². The van der Waals surface area contributed by atoms with Crippen molar-refractivity contribution >= 4 is 17.7 Å². The summed E-state index contributed by atoms with van der Waals surface area (Å²) in [5.74, 6) is 1.87. The maximum Gasteiger partial charge on any atom is 0.131 e. The Morgan fingerprint density at radius 2 is 1.78 bits per heavy atom. The van der Waals surface area contributed by atoms with Crippen LogP contribution in [0.4, 0.5) is 0 Å². The molecule has 1 aromatic rings. The Hall–Kier alpha value is -3.48. The van der Waals surface area contributed by atoms with E-state index in [4.69, 9.17) is 10.8 Å². The molecule has 204 valence electrons. The number of nitrogens with one attached hydrogen (secondary N) is 4.